The Morgan fingerprint density at radius 2 is 1.32 bits per heavy atom. The Morgan fingerprint density at radius 1 is 0.760 bits per heavy atom. The number of aryl methyl sites for hydroxylation is 2. The molecule has 0 radical (unpaired) electrons. The molecule has 0 amide bonds. The molecule has 0 bridgehead atoms. The van der Waals surface area contributed by atoms with Crippen molar-refractivity contribution in [3.05, 3.63) is 46.5 Å². The molecule has 3 heteroatoms. The molecule has 0 spiro atoms. The summed E-state index contributed by atoms with van der Waals surface area (Å²) in [6.07, 6.45) is 0. The van der Waals surface area contributed by atoms with Gasteiger partial charge >= 0.3 is 0 Å². The van der Waals surface area contributed by atoms with Crippen LogP contribution < -0.4 is 0 Å². The quantitative estimate of drug-likeness (QED) is 0.647. The zero-order valence-electron chi connectivity index (χ0n) is 16.6. The number of phenols is 2. The number of benzene rings is 2. The van der Waals surface area contributed by atoms with Gasteiger partial charge in [0, 0.05) is 16.0 Å². The van der Waals surface area contributed by atoms with Crippen molar-refractivity contribution in [2.24, 2.45) is 0 Å². The van der Waals surface area contributed by atoms with E-state index in [1.54, 1.807) is 11.8 Å². The summed E-state index contributed by atoms with van der Waals surface area (Å²) < 4.78 is 0. The average molecular weight is 359 g/mol. The fraction of sp³-hybridized carbons (Fsp3) is 0.455. The standard InChI is InChI=1S/C22H30O2S/c1-13-9-10-15(21(3,4)5)19(24)20(13)25-18-12-16(22(6,7)8)17(23)11-14(18)2/h9-12,23-24H,1-8H3. The van der Waals surface area contributed by atoms with E-state index in [4.69, 9.17) is 0 Å². The molecule has 0 aliphatic carbocycles. The Kier molecular flexibility index (Phi) is 5.21. The van der Waals surface area contributed by atoms with Crippen molar-refractivity contribution in [3.63, 3.8) is 0 Å². The van der Waals surface area contributed by atoms with E-state index in [1.807, 2.05) is 26.0 Å². The molecule has 2 nitrogen and oxygen atoms in total. The second kappa shape index (κ2) is 6.60. The molecule has 2 N–H and O–H groups in total. The molecule has 0 fully saturated rings. The minimum absolute atomic E-state index is 0.117. The summed E-state index contributed by atoms with van der Waals surface area (Å²) in [6, 6.07) is 7.96. The van der Waals surface area contributed by atoms with Gasteiger partial charge in [0.25, 0.3) is 0 Å². The fourth-order valence-corrected chi connectivity index (χ4v) is 3.95. The minimum atomic E-state index is -0.141. The van der Waals surface area contributed by atoms with Gasteiger partial charge in [-0.2, -0.15) is 0 Å². The Balaban J connectivity index is 2.58. The molecule has 2 rings (SSSR count). The van der Waals surface area contributed by atoms with E-state index in [1.165, 1.54) is 0 Å². The molecular formula is C22H30O2S. The average Bonchev–Trinajstić information content (AvgIpc) is 2.42. The summed E-state index contributed by atoms with van der Waals surface area (Å²) in [5.41, 5.74) is 3.68. The summed E-state index contributed by atoms with van der Waals surface area (Å²) >= 11 is 1.58. The molecule has 2 aromatic rings. The maximum atomic E-state index is 10.9. The highest BCUT2D eigenvalue weighted by Gasteiger charge is 2.24. The first-order valence-electron chi connectivity index (χ1n) is 8.67. The lowest BCUT2D eigenvalue weighted by Gasteiger charge is -2.24. The molecule has 136 valence electrons. The number of aromatic hydroxyl groups is 2. The van der Waals surface area contributed by atoms with Gasteiger partial charge in [0.15, 0.2) is 0 Å². The second-order valence-corrected chi connectivity index (χ2v) is 9.90. The number of phenolic OH excluding ortho intramolecular Hbond substituents is 2. The third kappa shape index (κ3) is 4.14. The predicted molar refractivity (Wildman–Crippen MR) is 107 cm³/mol. The van der Waals surface area contributed by atoms with Crippen LogP contribution in [0.2, 0.25) is 0 Å². The molecule has 0 saturated carbocycles. The molecule has 2 aromatic carbocycles. The van der Waals surface area contributed by atoms with E-state index >= 15 is 0 Å². The smallest absolute Gasteiger partial charge is 0.133 e. The zero-order chi connectivity index (χ0) is 19.2. The van der Waals surface area contributed by atoms with Crippen LogP contribution in [0.5, 0.6) is 11.5 Å². The van der Waals surface area contributed by atoms with Crippen LogP contribution in [0.25, 0.3) is 0 Å². The second-order valence-electron chi connectivity index (χ2n) is 8.84. The van der Waals surface area contributed by atoms with Crippen LogP contribution in [0.15, 0.2) is 34.1 Å². The van der Waals surface area contributed by atoms with Gasteiger partial charge in [0.2, 0.25) is 0 Å². The van der Waals surface area contributed by atoms with Crippen molar-refractivity contribution in [1.29, 1.82) is 0 Å². The van der Waals surface area contributed by atoms with Crippen LogP contribution in [-0.4, -0.2) is 10.2 Å². The molecule has 0 aromatic heterocycles. The highest BCUT2D eigenvalue weighted by atomic mass is 32.2. The van der Waals surface area contributed by atoms with Crippen molar-refractivity contribution in [1.82, 2.24) is 0 Å². The van der Waals surface area contributed by atoms with Gasteiger partial charge < -0.3 is 10.2 Å². The SMILES string of the molecule is Cc1cc(O)c(C(C)(C)C)cc1Sc1c(C)ccc(C(C)(C)C)c1O. The molecule has 0 heterocycles. The van der Waals surface area contributed by atoms with E-state index in [0.29, 0.717) is 11.5 Å². The lowest BCUT2D eigenvalue weighted by atomic mass is 9.86. The summed E-state index contributed by atoms with van der Waals surface area (Å²) in [5.74, 6) is 0.695. The van der Waals surface area contributed by atoms with E-state index in [2.05, 4.69) is 53.7 Å². The molecule has 25 heavy (non-hydrogen) atoms. The van der Waals surface area contributed by atoms with Crippen molar-refractivity contribution < 1.29 is 10.2 Å². The van der Waals surface area contributed by atoms with E-state index in [9.17, 15) is 10.2 Å². The lowest BCUT2D eigenvalue weighted by Crippen LogP contribution is -2.12. The van der Waals surface area contributed by atoms with E-state index < -0.39 is 0 Å². The zero-order valence-corrected chi connectivity index (χ0v) is 17.4. The largest absolute Gasteiger partial charge is 0.508 e. The van der Waals surface area contributed by atoms with Crippen LogP contribution in [0.3, 0.4) is 0 Å². The van der Waals surface area contributed by atoms with Gasteiger partial charge in [-0.3, -0.25) is 0 Å². The molecule has 0 saturated heterocycles. The van der Waals surface area contributed by atoms with Crippen molar-refractivity contribution in [2.75, 3.05) is 0 Å². The van der Waals surface area contributed by atoms with Gasteiger partial charge in [-0.15, -0.1) is 0 Å². The summed E-state index contributed by atoms with van der Waals surface area (Å²) in [4.78, 5) is 1.95. The van der Waals surface area contributed by atoms with Crippen LogP contribution in [0.1, 0.15) is 63.8 Å². The monoisotopic (exact) mass is 358 g/mol. The Labute approximate surface area is 156 Å². The van der Waals surface area contributed by atoms with Crippen molar-refractivity contribution >= 4 is 11.8 Å². The lowest BCUT2D eigenvalue weighted by molar-refractivity contribution is 0.434. The summed E-state index contributed by atoms with van der Waals surface area (Å²) in [5, 5.41) is 21.2. The van der Waals surface area contributed by atoms with Gasteiger partial charge in [-0.05, 0) is 47.9 Å². The third-order valence-electron chi connectivity index (χ3n) is 4.45. The topological polar surface area (TPSA) is 40.5 Å². The van der Waals surface area contributed by atoms with Crippen LogP contribution in [-0.2, 0) is 10.8 Å². The number of hydrogen-bond donors (Lipinski definition) is 2. The summed E-state index contributed by atoms with van der Waals surface area (Å²) in [7, 11) is 0. The Hall–Kier alpha value is -1.61. The van der Waals surface area contributed by atoms with Crippen molar-refractivity contribution in [3.8, 4) is 11.5 Å². The Morgan fingerprint density at radius 3 is 1.84 bits per heavy atom. The van der Waals surface area contributed by atoms with Gasteiger partial charge in [-0.25, -0.2) is 0 Å². The fourth-order valence-electron chi connectivity index (χ4n) is 2.90. The van der Waals surface area contributed by atoms with E-state index in [0.717, 1.165) is 32.0 Å². The minimum Gasteiger partial charge on any atom is -0.508 e. The first kappa shape index (κ1) is 19.7. The van der Waals surface area contributed by atoms with Crippen LogP contribution >= 0.6 is 11.8 Å². The van der Waals surface area contributed by atoms with Crippen LogP contribution in [0, 0.1) is 13.8 Å². The first-order valence-corrected chi connectivity index (χ1v) is 9.49. The molecule has 0 atom stereocenters. The van der Waals surface area contributed by atoms with Crippen molar-refractivity contribution in [2.45, 2.75) is 76.0 Å². The van der Waals surface area contributed by atoms with Crippen LogP contribution in [0.4, 0.5) is 0 Å². The third-order valence-corrected chi connectivity index (χ3v) is 5.83. The van der Waals surface area contributed by atoms with Gasteiger partial charge in [0.1, 0.15) is 11.5 Å². The molecular weight excluding hydrogens is 328 g/mol. The molecule has 0 aliphatic heterocycles. The first-order chi connectivity index (χ1) is 11.3. The predicted octanol–water partition coefficient (Wildman–Crippen LogP) is 6.46. The normalized spacial score (nSPS) is 12.5. The molecule has 0 unspecified atom stereocenters. The maximum absolute atomic E-state index is 10.9. The summed E-state index contributed by atoms with van der Waals surface area (Å²) in [6.45, 7) is 16.6. The number of hydrogen-bond acceptors (Lipinski definition) is 3. The highest BCUT2D eigenvalue weighted by Crippen LogP contribution is 2.45. The maximum Gasteiger partial charge on any atom is 0.133 e. The van der Waals surface area contributed by atoms with Gasteiger partial charge in [-0.1, -0.05) is 65.4 Å². The Bertz CT molecular complexity index is 793. The van der Waals surface area contributed by atoms with Gasteiger partial charge in [0.05, 0.1) is 4.90 Å². The number of rotatable bonds is 2. The van der Waals surface area contributed by atoms with E-state index in [-0.39, 0.29) is 10.8 Å². The molecule has 0 aliphatic rings. The highest BCUT2D eigenvalue weighted by molar-refractivity contribution is 7.99.